The summed E-state index contributed by atoms with van der Waals surface area (Å²) in [5.41, 5.74) is 4.06. The van der Waals surface area contributed by atoms with E-state index in [-0.39, 0.29) is 24.9 Å². The predicted octanol–water partition coefficient (Wildman–Crippen LogP) is 4.13. The number of nitrogens with zero attached hydrogens (tertiary/aromatic N) is 1. The second-order valence-electron chi connectivity index (χ2n) is 6.65. The number of carbonyl (C=O) groups excluding carboxylic acids is 1. The van der Waals surface area contributed by atoms with Gasteiger partial charge in [-0.1, -0.05) is 29.8 Å². The third-order valence-electron chi connectivity index (χ3n) is 4.30. The molecule has 0 saturated carbocycles. The Bertz CT molecular complexity index is 934. The van der Waals surface area contributed by atoms with Gasteiger partial charge in [-0.3, -0.25) is 9.78 Å². The van der Waals surface area contributed by atoms with Gasteiger partial charge in [0.2, 0.25) is 0 Å². The van der Waals surface area contributed by atoms with E-state index >= 15 is 0 Å². The number of pyridine rings is 1. The molecule has 0 aliphatic rings. The minimum absolute atomic E-state index is 0. The molecule has 1 aromatic heterocycles. The standard InChI is InChI=1S/C23H25N3O3.ClH/c1-17-5-8-20(9-6-17)26-23(27)16-29-21-10-7-18(12-22(21)28-2)13-25-15-19-4-3-11-24-14-19;/h3-12,14,25H,13,15-16H2,1-2H3,(H,26,27);1H. The average Bonchev–Trinajstić information content (AvgIpc) is 2.75. The zero-order valence-electron chi connectivity index (χ0n) is 17.1. The third-order valence-corrected chi connectivity index (χ3v) is 4.30. The number of carbonyl (C=O) groups is 1. The van der Waals surface area contributed by atoms with Crippen LogP contribution >= 0.6 is 12.4 Å². The predicted molar refractivity (Wildman–Crippen MR) is 120 cm³/mol. The Labute approximate surface area is 183 Å². The number of benzene rings is 2. The van der Waals surface area contributed by atoms with Crippen LogP contribution in [0.5, 0.6) is 11.5 Å². The van der Waals surface area contributed by atoms with Gasteiger partial charge in [-0.2, -0.15) is 0 Å². The highest BCUT2D eigenvalue weighted by molar-refractivity contribution is 5.91. The molecule has 0 aliphatic carbocycles. The van der Waals surface area contributed by atoms with Crippen LogP contribution in [-0.2, 0) is 17.9 Å². The molecule has 7 heteroatoms. The number of ether oxygens (including phenoxy) is 2. The summed E-state index contributed by atoms with van der Waals surface area (Å²) in [6.45, 7) is 3.31. The van der Waals surface area contributed by atoms with Crippen LogP contribution in [0.25, 0.3) is 0 Å². The van der Waals surface area contributed by atoms with Gasteiger partial charge in [0.1, 0.15) is 0 Å². The maximum Gasteiger partial charge on any atom is 0.262 e. The molecule has 0 aliphatic heterocycles. The lowest BCUT2D eigenvalue weighted by molar-refractivity contribution is -0.118. The molecule has 0 bridgehead atoms. The van der Waals surface area contributed by atoms with Crippen LogP contribution in [0.4, 0.5) is 5.69 Å². The Morgan fingerprint density at radius 2 is 1.77 bits per heavy atom. The van der Waals surface area contributed by atoms with Crippen LogP contribution in [0.1, 0.15) is 16.7 Å². The normalized spacial score (nSPS) is 10.1. The average molecular weight is 428 g/mol. The summed E-state index contributed by atoms with van der Waals surface area (Å²) in [4.78, 5) is 16.2. The second-order valence-corrected chi connectivity index (χ2v) is 6.65. The number of rotatable bonds is 9. The van der Waals surface area contributed by atoms with Crippen molar-refractivity contribution >= 4 is 24.0 Å². The minimum Gasteiger partial charge on any atom is -0.493 e. The molecule has 0 saturated heterocycles. The van der Waals surface area contributed by atoms with Gasteiger partial charge < -0.3 is 20.1 Å². The van der Waals surface area contributed by atoms with Gasteiger partial charge in [-0.25, -0.2) is 0 Å². The van der Waals surface area contributed by atoms with E-state index in [1.165, 1.54) is 0 Å². The number of aromatic nitrogens is 1. The number of hydrogen-bond donors (Lipinski definition) is 2. The lowest BCUT2D eigenvalue weighted by Crippen LogP contribution is -2.20. The van der Waals surface area contributed by atoms with E-state index in [0.717, 1.165) is 28.9 Å². The zero-order valence-corrected chi connectivity index (χ0v) is 17.9. The van der Waals surface area contributed by atoms with Crippen LogP contribution in [0, 0.1) is 6.92 Å². The number of methoxy groups -OCH3 is 1. The number of aryl methyl sites for hydroxylation is 1. The van der Waals surface area contributed by atoms with Gasteiger partial charge in [-0.05, 0) is 48.4 Å². The molecular formula is C23H26ClN3O3. The van der Waals surface area contributed by atoms with Crippen molar-refractivity contribution in [3.05, 3.63) is 83.7 Å². The smallest absolute Gasteiger partial charge is 0.262 e. The van der Waals surface area contributed by atoms with Crippen molar-refractivity contribution in [1.82, 2.24) is 10.3 Å². The van der Waals surface area contributed by atoms with Crippen molar-refractivity contribution in [3.63, 3.8) is 0 Å². The molecule has 2 aromatic carbocycles. The van der Waals surface area contributed by atoms with Crippen molar-refractivity contribution in [3.8, 4) is 11.5 Å². The molecule has 6 nitrogen and oxygen atoms in total. The Kier molecular flexibility index (Phi) is 9.12. The van der Waals surface area contributed by atoms with Crippen molar-refractivity contribution in [2.75, 3.05) is 19.0 Å². The molecule has 0 spiro atoms. The Hall–Kier alpha value is -3.09. The van der Waals surface area contributed by atoms with Crippen LogP contribution < -0.4 is 20.1 Å². The summed E-state index contributed by atoms with van der Waals surface area (Å²) in [5, 5.41) is 6.18. The summed E-state index contributed by atoms with van der Waals surface area (Å²) >= 11 is 0. The van der Waals surface area contributed by atoms with Gasteiger partial charge in [0.25, 0.3) is 5.91 Å². The number of anilines is 1. The van der Waals surface area contributed by atoms with Crippen molar-refractivity contribution < 1.29 is 14.3 Å². The van der Waals surface area contributed by atoms with E-state index in [4.69, 9.17) is 9.47 Å². The van der Waals surface area contributed by atoms with Gasteiger partial charge in [0.15, 0.2) is 18.1 Å². The molecule has 0 unspecified atom stereocenters. The number of nitrogens with one attached hydrogen (secondary N) is 2. The molecule has 3 aromatic rings. The van der Waals surface area contributed by atoms with Crippen LogP contribution in [0.2, 0.25) is 0 Å². The van der Waals surface area contributed by atoms with E-state index in [9.17, 15) is 4.79 Å². The van der Waals surface area contributed by atoms with E-state index in [1.54, 1.807) is 13.3 Å². The second kappa shape index (κ2) is 11.8. The molecule has 30 heavy (non-hydrogen) atoms. The number of amides is 1. The Morgan fingerprint density at radius 1 is 1.00 bits per heavy atom. The lowest BCUT2D eigenvalue weighted by Gasteiger charge is -2.13. The van der Waals surface area contributed by atoms with E-state index in [0.29, 0.717) is 18.0 Å². The largest absolute Gasteiger partial charge is 0.493 e. The first-order chi connectivity index (χ1) is 14.1. The highest BCUT2D eigenvalue weighted by atomic mass is 35.5. The summed E-state index contributed by atoms with van der Waals surface area (Å²) < 4.78 is 11.1. The number of halogens is 1. The molecule has 0 fully saturated rings. The van der Waals surface area contributed by atoms with Gasteiger partial charge in [0.05, 0.1) is 7.11 Å². The van der Waals surface area contributed by atoms with Crippen LogP contribution in [0.15, 0.2) is 67.0 Å². The molecule has 0 radical (unpaired) electrons. The SMILES string of the molecule is COc1cc(CNCc2cccnc2)ccc1OCC(=O)Nc1ccc(C)cc1.Cl. The Morgan fingerprint density at radius 3 is 2.47 bits per heavy atom. The topological polar surface area (TPSA) is 72.5 Å². The van der Waals surface area contributed by atoms with E-state index < -0.39 is 0 Å². The zero-order chi connectivity index (χ0) is 20.5. The van der Waals surface area contributed by atoms with Gasteiger partial charge in [0, 0.05) is 31.2 Å². The van der Waals surface area contributed by atoms with Gasteiger partial charge >= 0.3 is 0 Å². The minimum atomic E-state index is -0.224. The first-order valence-electron chi connectivity index (χ1n) is 9.40. The molecule has 158 valence electrons. The number of hydrogen-bond acceptors (Lipinski definition) is 5. The van der Waals surface area contributed by atoms with Crippen LogP contribution in [0.3, 0.4) is 0 Å². The quantitative estimate of drug-likeness (QED) is 0.537. The first kappa shape index (κ1) is 23.2. The summed E-state index contributed by atoms with van der Waals surface area (Å²) in [7, 11) is 1.58. The molecule has 0 atom stereocenters. The molecule has 1 heterocycles. The summed E-state index contributed by atoms with van der Waals surface area (Å²) in [6, 6.07) is 17.2. The summed E-state index contributed by atoms with van der Waals surface area (Å²) in [6.07, 6.45) is 3.60. The van der Waals surface area contributed by atoms with Crippen molar-refractivity contribution in [2.45, 2.75) is 20.0 Å². The third kappa shape index (κ3) is 7.06. The van der Waals surface area contributed by atoms with Gasteiger partial charge in [-0.15, -0.1) is 12.4 Å². The molecule has 2 N–H and O–H groups in total. The van der Waals surface area contributed by atoms with E-state index in [1.807, 2.05) is 67.7 Å². The first-order valence-corrected chi connectivity index (χ1v) is 9.40. The van der Waals surface area contributed by atoms with Crippen molar-refractivity contribution in [1.29, 1.82) is 0 Å². The maximum atomic E-state index is 12.1. The highest BCUT2D eigenvalue weighted by Crippen LogP contribution is 2.28. The lowest BCUT2D eigenvalue weighted by atomic mass is 10.2. The molecule has 3 rings (SSSR count). The fraction of sp³-hybridized carbons (Fsp3) is 0.217. The Balaban J connectivity index is 0.00000320. The van der Waals surface area contributed by atoms with Crippen molar-refractivity contribution in [2.24, 2.45) is 0 Å². The monoisotopic (exact) mass is 427 g/mol. The highest BCUT2D eigenvalue weighted by Gasteiger charge is 2.09. The maximum absolute atomic E-state index is 12.1. The fourth-order valence-electron chi connectivity index (χ4n) is 2.77. The fourth-order valence-corrected chi connectivity index (χ4v) is 2.77. The van der Waals surface area contributed by atoms with E-state index in [2.05, 4.69) is 15.6 Å². The molecular weight excluding hydrogens is 402 g/mol. The molecule has 1 amide bonds. The van der Waals surface area contributed by atoms with Crippen LogP contribution in [-0.4, -0.2) is 24.6 Å². The summed E-state index contributed by atoms with van der Waals surface area (Å²) in [5.74, 6) is 0.898.